The number of aromatic hydroxyl groups is 1. The van der Waals surface area contributed by atoms with Gasteiger partial charge in [-0.2, -0.15) is 0 Å². The van der Waals surface area contributed by atoms with E-state index in [0.29, 0.717) is 11.5 Å². The van der Waals surface area contributed by atoms with Gasteiger partial charge in [-0.1, -0.05) is 23.7 Å². The fourth-order valence-electron chi connectivity index (χ4n) is 1.97. The van der Waals surface area contributed by atoms with Crippen molar-refractivity contribution in [2.24, 2.45) is 0 Å². The molecule has 0 aromatic heterocycles. The first-order valence-corrected chi connectivity index (χ1v) is 8.04. The predicted molar refractivity (Wildman–Crippen MR) is 98.7 cm³/mol. The van der Waals surface area contributed by atoms with Crippen molar-refractivity contribution in [1.29, 1.82) is 0 Å². The molecular weight excluding hydrogens is 431 g/mol. The Balaban J connectivity index is 2.28. The van der Waals surface area contributed by atoms with E-state index in [1.807, 2.05) is 22.6 Å². The van der Waals surface area contributed by atoms with Gasteiger partial charge in [0.2, 0.25) is 0 Å². The number of allylic oxidation sites excluding steroid dienone is 1. The summed E-state index contributed by atoms with van der Waals surface area (Å²) in [6.07, 6.45) is 3.01. The van der Waals surface area contributed by atoms with Crippen LogP contribution >= 0.6 is 34.2 Å². The summed E-state index contributed by atoms with van der Waals surface area (Å²) >= 11 is 7.93. The second-order valence-corrected chi connectivity index (χ2v) is 6.25. The van der Waals surface area contributed by atoms with E-state index in [1.54, 1.807) is 50.6 Å². The van der Waals surface area contributed by atoms with Crippen LogP contribution in [0, 0.1) is 3.57 Å². The molecule has 120 valence electrons. The summed E-state index contributed by atoms with van der Waals surface area (Å²) in [7, 11) is 3.10. The number of ether oxygens (including phenoxy) is 2. The first-order valence-electron chi connectivity index (χ1n) is 6.58. The molecule has 0 fully saturated rings. The van der Waals surface area contributed by atoms with Gasteiger partial charge in [-0.25, -0.2) is 0 Å². The van der Waals surface area contributed by atoms with Crippen molar-refractivity contribution in [2.45, 2.75) is 0 Å². The molecule has 0 atom stereocenters. The lowest BCUT2D eigenvalue weighted by Gasteiger charge is -2.07. The molecule has 1 N–H and O–H groups in total. The van der Waals surface area contributed by atoms with Crippen LogP contribution in [-0.4, -0.2) is 25.1 Å². The molecule has 2 aromatic carbocycles. The van der Waals surface area contributed by atoms with Gasteiger partial charge in [0.15, 0.2) is 17.3 Å². The van der Waals surface area contributed by atoms with Gasteiger partial charge in [-0.05, 0) is 58.5 Å². The normalized spacial score (nSPS) is 10.8. The van der Waals surface area contributed by atoms with E-state index >= 15 is 0 Å². The molecule has 0 bridgehead atoms. The molecule has 0 unspecified atom stereocenters. The number of halogens is 2. The largest absolute Gasteiger partial charge is 0.506 e. The number of methoxy groups -OCH3 is 2. The number of rotatable bonds is 5. The first-order chi connectivity index (χ1) is 11.0. The van der Waals surface area contributed by atoms with E-state index in [-0.39, 0.29) is 22.1 Å². The van der Waals surface area contributed by atoms with Crippen LogP contribution in [0.25, 0.3) is 6.08 Å². The molecule has 0 amide bonds. The van der Waals surface area contributed by atoms with Crippen molar-refractivity contribution in [3.8, 4) is 17.2 Å². The van der Waals surface area contributed by atoms with E-state index in [4.69, 9.17) is 21.1 Å². The maximum atomic E-state index is 12.3. The van der Waals surface area contributed by atoms with Crippen LogP contribution in [0.4, 0.5) is 0 Å². The van der Waals surface area contributed by atoms with Crippen LogP contribution in [0.1, 0.15) is 15.9 Å². The van der Waals surface area contributed by atoms with Gasteiger partial charge in [0.25, 0.3) is 0 Å². The van der Waals surface area contributed by atoms with Gasteiger partial charge in [-0.15, -0.1) is 0 Å². The van der Waals surface area contributed by atoms with Crippen molar-refractivity contribution >= 4 is 46.1 Å². The number of hydrogen-bond acceptors (Lipinski definition) is 4. The molecule has 0 spiro atoms. The Labute approximate surface area is 152 Å². The Bertz CT molecular complexity index is 771. The summed E-state index contributed by atoms with van der Waals surface area (Å²) in [5.41, 5.74) is 0.936. The monoisotopic (exact) mass is 444 g/mol. The standard InChI is InChI=1S/C17H14ClIO4/c1-22-15-6-4-10(7-16(15)23-2)3-5-14(20)12-8-11(19)9-13(18)17(12)21/h3-9,21H,1-2H3/b5-3+. The second-order valence-electron chi connectivity index (χ2n) is 4.60. The number of phenols is 1. The minimum Gasteiger partial charge on any atom is -0.506 e. The summed E-state index contributed by atoms with van der Waals surface area (Å²) in [5, 5.41) is 10.1. The average Bonchev–Trinajstić information content (AvgIpc) is 2.55. The Kier molecular flexibility index (Phi) is 5.90. The maximum absolute atomic E-state index is 12.3. The highest BCUT2D eigenvalue weighted by Crippen LogP contribution is 2.31. The number of hydrogen-bond donors (Lipinski definition) is 1. The third-order valence-corrected chi connectivity index (χ3v) is 4.04. The highest BCUT2D eigenvalue weighted by Gasteiger charge is 2.13. The summed E-state index contributed by atoms with van der Waals surface area (Å²) in [5.74, 6) is 0.631. The van der Waals surface area contributed by atoms with Crippen LogP contribution in [0.3, 0.4) is 0 Å². The number of benzene rings is 2. The molecule has 0 saturated carbocycles. The van der Waals surface area contributed by atoms with Gasteiger partial charge in [0, 0.05) is 3.57 Å². The van der Waals surface area contributed by atoms with Crippen LogP contribution in [-0.2, 0) is 0 Å². The number of ketones is 1. The lowest BCUT2D eigenvalue weighted by molar-refractivity contribution is 0.104. The van der Waals surface area contributed by atoms with Gasteiger partial charge < -0.3 is 14.6 Å². The SMILES string of the molecule is COc1ccc(/C=C/C(=O)c2cc(I)cc(Cl)c2O)cc1OC. The lowest BCUT2D eigenvalue weighted by atomic mass is 10.1. The Morgan fingerprint density at radius 3 is 2.52 bits per heavy atom. The number of carbonyl (C=O) groups excluding carboxylic acids is 1. The number of phenolic OH excluding ortho intramolecular Hbond substituents is 1. The van der Waals surface area contributed by atoms with E-state index in [1.165, 1.54) is 6.08 Å². The highest BCUT2D eigenvalue weighted by atomic mass is 127. The lowest BCUT2D eigenvalue weighted by Crippen LogP contribution is -1.96. The zero-order valence-corrected chi connectivity index (χ0v) is 15.4. The summed E-state index contributed by atoms with van der Waals surface area (Å²) in [6.45, 7) is 0. The minimum atomic E-state index is -0.335. The van der Waals surface area contributed by atoms with Gasteiger partial charge >= 0.3 is 0 Å². The Hall–Kier alpha value is -1.73. The quantitative estimate of drug-likeness (QED) is 0.417. The van der Waals surface area contributed by atoms with Gasteiger partial charge in [0.1, 0.15) is 5.75 Å². The molecule has 0 aliphatic carbocycles. The Morgan fingerprint density at radius 1 is 1.17 bits per heavy atom. The fourth-order valence-corrected chi connectivity index (χ4v) is 3.00. The van der Waals surface area contributed by atoms with Crippen LogP contribution in [0.15, 0.2) is 36.4 Å². The molecule has 0 heterocycles. The molecule has 0 radical (unpaired) electrons. The average molecular weight is 445 g/mol. The van der Waals surface area contributed by atoms with Crippen LogP contribution in [0.2, 0.25) is 5.02 Å². The topological polar surface area (TPSA) is 55.8 Å². The molecule has 0 saturated heterocycles. The van der Waals surface area contributed by atoms with E-state index in [2.05, 4.69) is 0 Å². The molecule has 2 rings (SSSR count). The van der Waals surface area contributed by atoms with Crippen LogP contribution < -0.4 is 9.47 Å². The third kappa shape index (κ3) is 4.17. The molecule has 0 aliphatic heterocycles. The molecule has 4 nitrogen and oxygen atoms in total. The van der Waals surface area contributed by atoms with Crippen molar-refractivity contribution in [1.82, 2.24) is 0 Å². The Morgan fingerprint density at radius 2 is 1.87 bits per heavy atom. The second kappa shape index (κ2) is 7.70. The third-order valence-electron chi connectivity index (χ3n) is 3.13. The highest BCUT2D eigenvalue weighted by molar-refractivity contribution is 14.1. The smallest absolute Gasteiger partial charge is 0.189 e. The van der Waals surface area contributed by atoms with Crippen molar-refractivity contribution in [2.75, 3.05) is 14.2 Å². The van der Waals surface area contributed by atoms with Crippen molar-refractivity contribution < 1.29 is 19.4 Å². The number of carbonyl (C=O) groups is 1. The molecule has 2 aromatic rings. The van der Waals surface area contributed by atoms with E-state index in [9.17, 15) is 9.90 Å². The fraction of sp³-hybridized carbons (Fsp3) is 0.118. The van der Waals surface area contributed by atoms with Crippen molar-refractivity contribution in [3.63, 3.8) is 0 Å². The molecular formula is C17H14ClIO4. The summed E-state index contributed by atoms with van der Waals surface area (Å²) in [6, 6.07) is 8.48. The van der Waals surface area contributed by atoms with Crippen LogP contribution in [0.5, 0.6) is 17.2 Å². The zero-order chi connectivity index (χ0) is 17.0. The first kappa shape index (κ1) is 17.6. The van der Waals surface area contributed by atoms with Gasteiger partial charge in [-0.3, -0.25) is 4.79 Å². The maximum Gasteiger partial charge on any atom is 0.189 e. The molecule has 0 aliphatic rings. The zero-order valence-electron chi connectivity index (χ0n) is 12.5. The summed E-state index contributed by atoms with van der Waals surface area (Å²) < 4.78 is 11.2. The van der Waals surface area contributed by atoms with Crippen molar-refractivity contribution in [3.05, 3.63) is 56.1 Å². The predicted octanol–water partition coefficient (Wildman–Crippen LogP) is 4.56. The van der Waals surface area contributed by atoms with Gasteiger partial charge in [0.05, 0.1) is 24.8 Å². The minimum absolute atomic E-state index is 0.153. The summed E-state index contributed by atoms with van der Waals surface area (Å²) in [4.78, 5) is 12.3. The molecule has 6 heteroatoms. The van der Waals surface area contributed by atoms with E-state index < -0.39 is 0 Å². The molecule has 23 heavy (non-hydrogen) atoms. The van der Waals surface area contributed by atoms with E-state index in [0.717, 1.165) is 9.13 Å².